The molecule has 0 N–H and O–H groups in total. The number of halogens is 3. The lowest BCUT2D eigenvalue weighted by atomic mass is 10.0. The molecule has 0 spiro atoms. The highest BCUT2D eigenvalue weighted by molar-refractivity contribution is 6.39. The van der Waals surface area contributed by atoms with Crippen LogP contribution in [0.15, 0.2) is 40.9 Å². The molecule has 2 bridgehead atoms. The molecular formula is C29H29Cl2FN2O4. The van der Waals surface area contributed by atoms with Crippen LogP contribution in [0.25, 0.3) is 11.3 Å². The van der Waals surface area contributed by atoms with E-state index in [1.54, 1.807) is 24.3 Å². The number of carbonyl (C=O) groups is 1. The van der Waals surface area contributed by atoms with Crippen LogP contribution in [0.3, 0.4) is 0 Å². The molecule has 2 heterocycles. The number of aryl methyl sites for hydroxylation is 1. The molecule has 6 rings (SSSR count). The van der Waals surface area contributed by atoms with Crippen LogP contribution < -0.4 is 4.90 Å². The van der Waals surface area contributed by atoms with E-state index in [2.05, 4.69) is 14.8 Å². The van der Waals surface area contributed by atoms with E-state index >= 15 is 0 Å². The molecule has 2 aromatic carbocycles. The monoisotopic (exact) mass is 558 g/mol. The molecule has 1 saturated heterocycles. The van der Waals surface area contributed by atoms with Crippen LogP contribution in [0.4, 0.5) is 10.1 Å². The van der Waals surface area contributed by atoms with Crippen LogP contribution in [-0.2, 0) is 27.3 Å². The Hall–Kier alpha value is -2.61. The summed E-state index contributed by atoms with van der Waals surface area (Å²) in [5, 5.41) is 5.44. The van der Waals surface area contributed by atoms with Crippen molar-refractivity contribution in [3.05, 3.63) is 69.1 Å². The van der Waals surface area contributed by atoms with E-state index in [9.17, 15) is 9.18 Å². The number of nitrogens with zero attached hydrogens (tertiary/aromatic N) is 2. The minimum absolute atomic E-state index is 0.108. The van der Waals surface area contributed by atoms with Crippen molar-refractivity contribution in [3.63, 3.8) is 0 Å². The number of rotatable bonds is 9. The molecule has 3 aliphatic rings. The first-order chi connectivity index (χ1) is 18.4. The zero-order valence-electron chi connectivity index (χ0n) is 21.1. The molecule has 6 nitrogen and oxygen atoms in total. The number of hydrogen-bond acceptors (Lipinski definition) is 6. The summed E-state index contributed by atoms with van der Waals surface area (Å²) in [6.45, 7) is 1.21. The first-order valence-electron chi connectivity index (χ1n) is 13.1. The number of piperidine rings is 1. The molecule has 200 valence electrons. The van der Waals surface area contributed by atoms with Gasteiger partial charge in [0.1, 0.15) is 17.3 Å². The quantitative estimate of drug-likeness (QED) is 0.264. The minimum atomic E-state index is -0.339. The largest absolute Gasteiger partial charge is 0.469 e. The average Bonchev–Trinajstić information content (AvgIpc) is 3.36. The maximum Gasteiger partial charge on any atom is 0.305 e. The maximum absolute atomic E-state index is 14.8. The van der Waals surface area contributed by atoms with Crippen molar-refractivity contribution in [1.82, 2.24) is 5.16 Å². The fourth-order valence-electron chi connectivity index (χ4n) is 5.92. The Morgan fingerprint density at radius 3 is 2.63 bits per heavy atom. The van der Waals surface area contributed by atoms with Crippen LogP contribution in [-0.4, -0.2) is 36.9 Å². The third-order valence-corrected chi connectivity index (χ3v) is 8.71. The molecule has 0 unspecified atom stereocenters. The van der Waals surface area contributed by atoms with Gasteiger partial charge in [0.25, 0.3) is 0 Å². The summed E-state index contributed by atoms with van der Waals surface area (Å²) in [6.07, 6.45) is 4.66. The van der Waals surface area contributed by atoms with Gasteiger partial charge in [-0.2, -0.15) is 0 Å². The van der Waals surface area contributed by atoms with Gasteiger partial charge in [0.05, 0.1) is 29.9 Å². The summed E-state index contributed by atoms with van der Waals surface area (Å²) in [6, 6.07) is 11.0. The van der Waals surface area contributed by atoms with Gasteiger partial charge in [0, 0.05) is 47.7 Å². The second-order valence-electron chi connectivity index (χ2n) is 10.5. The van der Waals surface area contributed by atoms with Gasteiger partial charge in [-0.05, 0) is 61.9 Å². The lowest BCUT2D eigenvalue weighted by Crippen LogP contribution is -2.38. The minimum Gasteiger partial charge on any atom is -0.469 e. The van der Waals surface area contributed by atoms with E-state index in [0.717, 1.165) is 49.2 Å². The summed E-state index contributed by atoms with van der Waals surface area (Å²) in [5.41, 5.74) is 3.68. The van der Waals surface area contributed by atoms with Gasteiger partial charge in [-0.25, -0.2) is 4.39 Å². The highest BCUT2D eigenvalue weighted by Crippen LogP contribution is 2.47. The molecule has 3 fully saturated rings. The van der Waals surface area contributed by atoms with Crippen LogP contribution in [0, 0.1) is 11.7 Å². The van der Waals surface area contributed by atoms with Crippen LogP contribution in [0.5, 0.6) is 0 Å². The second-order valence-corrected chi connectivity index (χ2v) is 11.3. The van der Waals surface area contributed by atoms with Crippen molar-refractivity contribution >= 4 is 34.9 Å². The molecule has 9 heteroatoms. The molecule has 0 radical (unpaired) electrons. The molecule has 2 aliphatic carbocycles. The first kappa shape index (κ1) is 25.7. The van der Waals surface area contributed by atoms with Gasteiger partial charge in [0.2, 0.25) is 0 Å². The van der Waals surface area contributed by atoms with E-state index in [-0.39, 0.29) is 24.3 Å². The van der Waals surface area contributed by atoms with E-state index in [1.807, 2.05) is 12.1 Å². The first-order valence-corrected chi connectivity index (χ1v) is 13.8. The third-order valence-electron chi connectivity index (χ3n) is 8.08. The van der Waals surface area contributed by atoms with Crippen molar-refractivity contribution < 1.29 is 23.2 Å². The Morgan fingerprint density at radius 2 is 1.97 bits per heavy atom. The Morgan fingerprint density at radius 1 is 1.18 bits per heavy atom. The Kier molecular flexibility index (Phi) is 7.10. The van der Waals surface area contributed by atoms with Gasteiger partial charge < -0.3 is 18.9 Å². The van der Waals surface area contributed by atoms with Crippen LogP contribution in [0.2, 0.25) is 10.0 Å². The number of fused-ring (bicyclic) bond motifs is 2. The number of aromatic nitrogens is 1. The normalized spacial score (nSPS) is 22.3. The number of esters is 1. The maximum atomic E-state index is 14.8. The van der Waals surface area contributed by atoms with E-state index < -0.39 is 0 Å². The van der Waals surface area contributed by atoms with Crippen LogP contribution >= 0.6 is 23.2 Å². The predicted molar refractivity (Wildman–Crippen MR) is 143 cm³/mol. The Balaban J connectivity index is 1.13. The van der Waals surface area contributed by atoms with Gasteiger partial charge in [-0.1, -0.05) is 40.5 Å². The number of benzene rings is 2. The number of hydrogen-bond donors (Lipinski definition) is 0. The molecule has 2 saturated carbocycles. The van der Waals surface area contributed by atoms with Crippen molar-refractivity contribution in [2.45, 2.75) is 63.2 Å². The molecule has 1 aliphatic heterocycles. The van der Waals surface area contributed by atoms with Crippen molar-refractivity contribution in [2.75, 3.05) is 18.6 Å². The lowest BCUT2D eigenvalue weighted by molar-refractivity contribution is -0.140. The second kappa shape index (κ2) is 10.5. The van der Waals surface area contributed by atoms with Gasteiger partial charge in [-0.15, -0.1) is 0 Å². The Labute approximate surface area is 231 Å². The fourth-order valence-corrected chi connectivity index (χ4v) is 6.50. The summed E-state index contributed by atoms with van der Waals surface area (Å²) < 4.78 is 31.7. The topological polar surface area (TPSA) is 64.8 Å². The molecule has 0 amide bonds. The summed E-state index contributed by atoms with van der Waals surface area (Å²) in [7, 11) is 1.34. The zero-order valence-corrected chi connectivity index (χ0v) is 22.6. The van der Waals surface area contributed by atoms with Crippen molar-refractivity contribution in [3.8, 4) is 11.3 Å². The predicted octanol–water partition coefficient (Wildman–Crippen LogP) is 6.95. The summed E-state index contributed by atoms with van der Waals surface area (Å²) in [5.74, 6) is 0.987. The highest BCUT2D eigenvalue weighted by atomic mass is 35.5. The fraction of sp³-hybridized carbons (Fsp3) is 0.448. The molecule has 1 aromatic heterocycles. The number of anilines is 1. The van der Waals surface area contributed by atoms with Crippen LogP contribution in [0.1, 0.15) is 54.9 Å². The third kappa shape index (κ3) is 4.92. The van der Waals surface area contributed by atoms with Gasteiger partial charge in [0.15, 0.2) is 0 Å². The van der Waals surface area contributed by atoms with Gasteiger partial charge >= 0.3 is 5.97 Å². The van der Waals surface area contributed by atoms with Crippen molar-refractivity contribution in [2.24, 2.45) is 5.92 Å². The lowest BCUT2D eigenvalue weighted by Gasteiger charge is -2.33. The number of carbonyl (C=O) groups excluding carboxylic acids is 1. The van der Waals surface area contributed by atoms with Gasteiger partial charge in [-0.3, -0.25) is 4.79 Å². The highest BCUT2D eigenvalue weighted by Gasteiger charge is 2.46. The standard InChI is InChI=1S/C29H29Cl2FN2O4/c1-36-26(35)10-8-16-7-9-19(12-24(16)32)34-14-18-11-20(34)13-25(18)37-15-21-28(33-38-29(21)17-5-6-17)27-22(30)3-2-4-23(27)31/h2-4,7,9,12,17-18,20,25H,5-6,8,10-11,13-15H2,1H3/t18-,20-,25+/m0/s1. The molecule has 3 aromatic rings. The average molecular weight is 559 g/mol. The van der Waals surface area contributed by atoms with E-state index in [0.29, 0.717) is 57.8 Å². The summed E-state index contributed by atoms with van der Waals surface area (Å²) in [4.78, 5) is 13.7. The SMILES string of the molecule is COC(=O)CCc1ccc(N2C[C@@H]3C[C@H]2C[C@H]3OCc2c(-c3c(Cl)cccc3Cl)noc2C2CC2)cc1F. The molecule has 38 heavy (non-hydrogen) atoms. The summed E-state index contributed by atoms with van der Waals surface area (Å²) >= 11 is 13.0. The Bertz CT molecular complexity index is 1340. The molecular weight excluding hydrogens is 530 g/mol. The number of ether oxygens (including phenoxy) is 2. The van der Waals surface area contributed by atoms with E-state index in [1.165, 1.54) is 7.11 Å². The smallest absolute Gasteiger partial charge is 0.305 e. The number of methoxy groups -OCH3 is 1. The van der Waals surface area contributed by atoms with E-state index in [4.69, 9.17) is 32.5 Å². The zero-order chi connectivity index (χ0) is 26.4. The van der Waals surface area contributed by atoms with Crippen molar-refractivity contribution in [1.29, 1.82) is 0 Å². The molecule has 3 atom stereocenters.